The molecule has 0 aromatic carbocycles. The van der Waals surface area contributed by atoms with Crippen LogP contribution < -0.4 is 0 Å². The Morgan fingerprint density at radius 2 is 2.25 bits per heavy atom. The molecular formula is C15H30N2O2S. The molecule has 0 bridgehead atoms. The summed E-state index contributed by atoms with van der Waals surface area (Å²) in [6.45, 7) is 9.41. The highest BCUT2D eigenvalue weighted by Crippen LogP contribution is 2.12. The Morgan fingerprint density at radius 1 is 1.50 bits per heavy atom. The summed E-state index contributed by atoms with van der Waals surface area (Å²) >= 11 is 1.27. The van der Waals surface area contributed by atoms with Gasteiger partial charge in [0.15, 0.2) is 0 Å². The fourth-order valence-electron chi connectivity index (χ4n) is 2.47. The first-order valence-corrected chi connectivity index (χ1v) is 8.88. The molecule has 5 heteroatoms. The normalized spacial score (nSPS) is 20.4. The van der Waals surface area contributed by atoms with E-state index >= 15 is 0 Å². The smallest absolute Gasteiger partial charge is 0.281 e. The van der Waals surface area contributed by atoms with E-state index in [0.717, 1.165) is 38.6 Å². The zero-order chi connectivity index (χ0) is 15.0. The third-order valence-corrected chi connectivity index (χ3v) is 4.41. The molecule has 1 amide bonds. The number of ether oxygens (including phenoxy) is 1. The molecule has 20 heavy (non-hydrogen) atoms. The number of nitrogens with zero attached hydrogens (tertiary/aromatic N) is 2. The molecule has 0 saturated carbocycles. The van der Waals surface area contributed by atoms with Gasteiger partial charge in [0.05, 0.1) is 12.7 Å². The summed E-state index contributed by atoms with van der Waals surface area (Å²) in [5, 5.41) is 0.134. The summed E-state index contributed by atoms with van der Waals surface area (Å²) in [6, 6.07) is 0. The molecule has 1 saturated heterocycles. The predicted octanol–water partition coefficient (Wildman–Crippen LogP) is 2.93. The van der Waals surface area contributed by atoms with Crippen LogP contribution in [0.1, 0.15) is 33.1 Å². The van der Waals surface area contributed by atoms with Gasteiger partial charge < -0.3 is 9.64 Å². The molecule has 1 atom stereocenters. The first-order valence-electron chi connectivity index (χ1n) is 7.66. The van der Waals surface area contributed by atoms with E-state index in [4.69, 9.17) is 4.74 Å². The number of carbonyl (C=O) groups is 1. The van der Waals surface area contributed by atoms with Crippen LogP contribution in [0.5, 0.6) is 0 Å². The molecule has 1 heterocycles. The van der Waals surface area contributed by atoms with Gasteiger partial charge in [0.1, 0.15) is 0 Å². The van der Waals surface area contributed by atoms with Gasteiger partial charge in [-0.15, -0.1) is 0 Å². The van der Waals surface area contributed by atoms with E-state index in [-0.39, 0.29) is 11.3 Å². The van der Waals surface area contributed by atoms with Crippen LogP contribution in [0.15, 0.2) is 0 Å². The molecule has 0 aromatic rings. The highest BCUT2D eigenvalue weighted by atomic mass is 32.2. The molecule has 1 fully saturated rings. The van der Waals surface area contributed by atoms with Crippen LogP contribution in [-0.4, -0.2) is 67.2 Å². The SMILES string of the molecule is CSC(=O)N(C)CC[C@H]1CN(CCCC(C)C)CCO1. The van der Waals surface area contributed by atoms with Crippen molar-refractivity contribution in [2.24, 2.45) is 5.92 Å². The van der Waals surface area contributed by atoms with Crippen LogP contribution in [0, 0.1) is 5.92 Å². The van der Waals surface area contributed by atoms with E-state index < -0.39 is 0 Å². The molecule has 0 radical (unpaired) electrons. The maximum absolute atomic E-state index is 11.5. The van der Waals surface area contributed by atoms with E-state index in [2.05, 4.69) is 18.7 Å². The maximum Gasteiger partial charge on any atom is 0.281 e. The number of thioether (sulfide) groups is 1. The molecule has 0 spiro atoms. The first-order chi connectivity index (χ1) is 9.52. The lowest BCUT2D eigenvalue weighted by Gasteiger charge is -2.33. The quantitative estimate of drug-likeness (QED) is 0.724. The van der Waals surface area contributed by atoms with Crippen LogP contribution in [0.3, 0.4) is 0 Å². The summed E-state index contributed by atoms with van der Waals surface area (Å²) in [5.74, 6) is 0.790. The highest BCUT2D eigenvalue weighted by Gasteiger charge is 2.21. The van der Waals surface area contributed by atoms with Crippen LogP contribution in [0.4, 0.5) is 4.79 Å². The number of morpholine rings is 1. The Kier molecular flexibility index (Phi) is 8.57. The zero-order valence-corrected chi connectivity index (χ0v) is 14.2. The third kappa shape index (κ3) is 6.95. The van der Waals surface area contributed by atoms with Gasteiger partial charge in [0.2, 0.25) is 0 Å². The van der Waals surface area contributed by atoms with Crippen molar-refractivity contribution in [3.8, 4) is 0 Å². The van der Waals surface area contributed by atoms with Gasteiger partial charge in [-0.1, -0.05) is 25.6 Å². The Morgan fingerprint density at radius 3 is 2.90 bits per heavy atom. The van der Waals surface area contributed by atoms with Gasteiger partial charge in [-0.2, -0.15) is 0 Å². The Labute approximate surface area is 128 Å². The fourth-order valence-corrected chi connectivity index (χ4v) is 2.87. The monoisotopic (exact) mass is 302 g/mol. The average Bonchev–Trinajstić information content (AvgIpc) is 2.44. The Hall–Kier alpha value is -0.260. The standard InChI is InChI=1S/C15H30N2O2S/c1-13(2)6-5-8-17-10-11-19-14(12-17)7-9-16(3)15(18)20-4/h13-14H,5-12H2,1-4H3/t14-/m0/s1. The molecule has 0 aliphatic carbocycles. The second kappa shape index (κ2) is 9.64. The van der Waals surface area contributed by atoms with Crippen LogP contribution in [-0.2, 0) is 4.74 Å². The van der Waals surface area contributed by atoms with Gasteiger partial charge in [-0.25, -0.2) is 0 Å². The molecule has 118 valence electrons. The Bertz CT molecular complexity index is 287. The number of hydrogen-bond donors (Lipinski definition) is 0. The van der Waals surface area contributed by atoms with Crippen molar-refractivity contribution in [3.05, 3.63) is 0 Å². The van der Waals surface area contributed by atoms with Crippen LogP contribution >= 0.6 is 11.8 Å². The van der Waals surface area contributed by atoms with E-state index in [9.17, 15) is 4.79 Å². The lowest BCUT2D eigenvalue weighted by Crippen LogP contribution is -2.44. The summed E-state index contributed by atoms with van der Waals surface area (Å²) in [4.78, 5) is 15.8. The van der Waals surface area contributed by atoms with Crippen molar-refractivity contribution in [1.82, 2.24) is 9.80 Å². The number of amides is 1. The minimum atomic E-state index is 0.134. The van der Waals surface area contributed by atoms with E-state index in [1.165, 1.54) is 31.1 Å². The largest absolute Gasteiger partial charge is 0.375 e. The topological polar surface area (TPSA) is 32.8 Å². The number of rotatable bonds is 7. The summed E-state index contributed by atoms with van der Waals surface area (Å²) in [7, 11) is 1.86. The first kappa shape index (κ1) is 17.8. The molecule has 0 unspecified atom stereocenters. The summed E-state index contributed by atoms with van der Waals surface area (Å²) in [6.07, 6.45) is 5.61. The van der Waals surface area contributed by atoms with Crippen molar-refractivity contribution in [3.63, 3.8) is 0 Å². The predicted molar refractivity (Wildman–Crippen MR) is 86.4 cm³/mol. The van der Waals surface area contributed by atoms with Gasteiger partial charge in [0, 0.05) is 26.7 Å². The van der Waals surface area contributed by atoms with Crippen molar-refractivity contribution < 1.29 is 9.53 Å². The molecular weight excluding hydrogens is 272 g/mol. The molecule has 0 N–H and O–H groups in total. The third-order valence-electron chi connectivity index (χ3n) is 3.75. The second-order valence-corrected chi connectivity index (χ2v) is 6.77. The minimum absolute atomic E-state index is 0.134. The maximum atomic E-state index is 11.5. The summed E-state index contributed by atoms with van der Waals surface area (Å²) < 4.78 is 5.81. The number of carbonyl (C=O) groups excluding carboxylic acids is 1. The van der Waals surface area contributed by atoms with Crippen molar-refractivity contribution >= 4 is 17.0 Å². The van der Waals surface area contributed by atoms with E-state index in [1.54, 1.807) is 4.90 Å². The fraction of sp³-hybridized carbons (Fsp3) is 0.933. The van der Waals surface area contributed by atoms with Gasteiger partial charge in [0.25, 0.3) is 5.24 Å². The van der Waals surface area contributed by atoms with Crippen molar-refractivity contribution in [2.45, 2.75) is 39.2 Å². The Balaban J connectivity index is 2.21. The van der Waals surface area contributed by atoms with Gasteiger partial charge >= 0.3 is 0 Å². The van der Waals surface area contributed by atoms with Crippen molar-refractivity contribution in [2.75, 3.05) is 46.1 Å². The highest BCUT2D eigenvalue weighted by molar-refractivity contribution is 8.12. The van der Waals surface area contributed by atoms with Crippen LogP contribution in [0.25, 0.3) is 0 Å². The average molecular weight is 302 g/mol. The number of hydrogen-bond acceptors (Lipinski definition) is 4. The lowest BCUT2D eigenvalue weighted by molar-refractivity contribution is -0.0340. The second-order valence-electron chi connectivity index (χ2n) is 6.01. The van der Waals surface area contributed by atoms with Crippen LogP contribution in [0.2, 0.25) is 0 Å². The van der Waals surface area contributed by atoms with Gasteiger partial charge in [-0.3, -0.25) is 9.69 Å². The molecule has 0 aromatic heterocycles. The molecule has 1 aliphatic rings. The van der Waals surface area contributed by atoms with Crippen molar-refractivity contribution in [1.29, 1.82) is 0 Å². The minimum Gasteiger partial charge on any atom is -0.375 e. The van der Waals surface area contributed by atoms with E-state index in [1.807, 2.05) is 13.3 Å². The lowest BCUT2D eigenvalue weighted by atomic mass is 10.1. The molecule has 4 nitrogen and oxygen atoms in total. The molecule has 1 rings (SSSR count). The molecule has 1 aliphatic heterocycles. The zero-order valence-electron chi connectivity index (χ0n) is 13.4. The van der Waals surface area contributed by atoms with Gasteiger partial charge in [-0.05, 0) is 38.0 Å². The summed E-state index contributed by atoms with van der Waals surface area (Å²) in [5.41, 5.74) is 0. The van der Waals surface area contributed by atoms with E-state index in [0.29, 0.717) is 0 Å².